The highest BCUT2D eigenvalue weighted by Crippen LogP contribution is 2.34. The van der Waals surface area contributed by atoms with Gasteiger partial charge in [0.1, 0.15) is 12.8 Å². The quantitative estimate of drug-likeness (QED) is 0.305. The van der Waals surface area contributed by atoms with Crippen LogP contribution in [0.3, 0.4) is 0 Å². The van der Waals surface area contributed by atoms with E-state index in [-0.39, 0.29) is 16.6 Å². The van der Waals surface area contributed by atoms with Crippen molar-refractivity contribution in [2.75, 3.05) is 0 Å². The van der Waals surface area contributed by atoms with Crippen molar-refractivity contribution in [3.8, 4) is 0 Å². The van der Waals surface area contributed by atoms with Crippen LogP contribution in [0.5, 0.6) is 0 Å². The Hall–Kier alpha value is -2.00. The van der Waals surface area contributed by atoms with Gasteiger partial charge in [-0.3, -0.25) is 9.59 Å². The summed E-state index contributed by atoms with van der Waals surface area (Å²) in [5.74, 6) is -2.45. The van der Waals surface area contributed by atoms with Crippen LogP contribution in [0.25, 0.3) is 0 Å². The second-order valence-corrected chi connectivity index (χ2v) is 9.41. The van der Waals surface area contributed by atoms with Crippen LogP contribution in [0.4, 0.5) is 39.5 Å². The summed E-state index contributed by atoms with van der Waals surface area (Å²) in [6, 6.07) is 8.11. The predicted molar refractivity (Wildman–Crippen MR) is 123 cm³/mol. The smallest absolute Gasteiger partial charge is 0.352 e. The predicted octanol–water partition coefficient (Wildman–Crippen LogP) is 7.71. The Morgan fingerprint density at radius 1 is 0.703 bits per heavy atom. The van der Waals surface area contributed by atoms with Crippen molar-refractivity contribution in [2.24, 2.45) is 0 Å². The fourth-order valence-corrected chi connectivity index (χ4v) is 3.61. The lowest BCUT2D eigenvalue weighted by atomic mass is 10.1. The third-order valence-electron chi connectivity index (χ3n) is 4.07. The van der Waals surface area contributed by atoms with Gasteiger partial charge in [0.2, 0.25) is 11.8 Å². The highest BCUT2D eigenvalue weighted by molar-refractivity contribution is 9.10. The monoisotopic (exact) mass is 692 g/mol. The average molecular weight is 695 g/mol. The number of rotatable bonds is 6. The molecule has 2 N–H and O–H groups in total. The van der Waals surface area contributed by atoms with Gasteiger partial charge in [-0.1, -0.05) is 55.6 Å². The molecule has 0 fully saturated rings. The second-order valence-electron chi connectivity index (χ2n) is 7.17. The lowest BCUT2D eigenvalue weighted by Gasteiger charge is -2.14. The molecular formula is C21H16Br2ClF9N2O2. The average Bonchev–Trinajstić information content (AvgIpc) is 2.69. The zero-order chi connectivity index (χ0) is 28.6. The number of hydrogen-bond acceptors (Lipinski definition) is 2. The molecule has 0 radical (unpaired) electrons. The summed E-state index contributed by atoms with van der Waals surface area (Å²) in [5, 5.41) is 4.35. The first-order chi connectivity index (χ1) is 16.8. The van der Waals surface area contributed by atoms with Crippen molar-refractivity contribution < 1.29 is 49.1 Å². The van der Waals surface area contributed by atoms with E-state index >= 15 is 0 Å². The van der Waals surface area contributed by atoms with Crippen LogP contribution in [0.15, 0.2) is 45.3 Å². The van der Waals surface area contributed by atoms with Crippen LogP contribution in [0.2, 0.25) is 5.02 Å². The number of halogens is 12. The first-order valence-corrected chi connectivity index (χ1v) is 11.7. The molecule has 0 heterocycles. The molecule has 37 heavy (non-hydrogen) atoms. The number of hydrogen-bond donors (Lipinski definition) is 2. The standard InChI is InChI=1S/C11H8BrF6NO.C10H8BrClF3NO/c12-7-2-1-6(8(3-7)11(16,17)18)5-19-9(20)4-10(13,14)15;11-7-2-1-6(8(12)3-7)5-16-9(17)4-10(13,14)15/h1-3H,4-5H2,(H,19,20);1-3H,4-5H2,(H,16,17). The molecule has 4 nitrogen and oxygen atoms in total. The molecule has 2 rings (SSSR count). The number of amides is 2. The zero-order valence-corrected chi connectivity index (χ0v) is 22.1. The van der Waals surface area contributed by atoms with E-state index in [1.165, 1.54) is 6.07 Å². The van der Waals surface area contributed by atoms with E-state index in [1.54, 1.807) is 18.2 Å². The molecule has 16 heteroatoms. The summed E-state index contributed by atoms with van der Waals surface area (Å²) in [6.07, 6.45) is -17.1. The van der Waals surface area contributed by atoms with Gasteiger partial charge in [0.15, 0.2) is 0 Å². The summed E-state index contributed by atoms with van der Waals surface area (Å²) in [7, 11) is 0. The van der Waals surface area contributed by atoms with Crippen molar-refractivity contribution in [1.82, 2.24) is 10.6 Å². The van der Waals surface area contributed by atoms with Crippen LogP contribution in [0.1, 0.15) is 29.5 Å². The Balaban J connectivity index is 0.000000375. The Kier molecular flexibility index (Phi) is 12.2. The highest BCUT2D eigenvalue weighted by atomic mass is 79.9. The van der Waals surface area contributed by atoms with Gasteiger partial charge in [0, 0.05) is 27.1 Å². The van der Waals surface area contributed by atoms with Crippen LogP contribution in [0, 0.1) is 0 Å². The summed E-state index contributed by atoms with van der Waals surface area (Å²) >= 11 is 11.9. The molecule has 2 aromatic rings. The fraction of sp³-hybridized carbons (Fsp3) is 0.333. The van der Waals surface area contributed by atoms with Crippen LogP contribution >= 0.6 is 43.5 Å². The molecule has 0 atom stereocenters. The van der Waals surface area contributed by atoms with Gasteiger partial charge in [-0.2, -0.15) is 39.5 Å². The Morgan fingerprint density at radius 2 is 1.11 bits per heavy atom. The number of carbonyl (C=O) groups excluding carboxylic acids is 2. The molecule has 206 valence electrons. The molecule has 0 aliphatic carbocycles. The van der Waals surface area contributed by atoms with E-state index in [1.807, 2.05) is 5.32 Å². The van der Waals surface area contributed by atoms with E-state index in [0.29, 0.717) is 10.6 Å². The minimum atomic E-state index is -4.70. The van der Waals surface area contributed by atoms with E-state index < -0.39 is 55.3 Å². The van der Waals surface area contributed by atoms with Crippen molar-refractivity contribution in [3.05, 3.63) is 67.1 Å². The molecule has 0 spiro atoms. The molecule has 0 aromatic heterocycles. The zero-order valence-electron chi connectivity index (χ0n) is 18.1. The van der Waals surface area contributed by atoms with E-state index in [4.69, 9.17) is 11.6 Å². The molecule has 0 aliphatic rings. The van der Waals surface area contributed by atoms with E-state index in [9.17, 15) is 49.1 Å². The van der Waals surface area contributed by atoms with Crippen molar-refractivity contribution in [3.63, 3.8) is 0 Å². The topological polar surface area (TPSA) is 58.2 Å². The maximum absolute atomic E-state index is 12.7. The first kappa shape index (κ1) is 33.0. The normalized spacial score (nSPS) is 11.9. The van der Waals surface area contributed by atoms with Crippen LogP contribution in [-0.4, -0.2) is 24.2 Å². The largest absolute Gasteiger partial charge is 0.416 e. The summed E-state index contributed by atoms with van der Waals surface area (Å²) in [6.45, 7) is -0.655. The third-order valence-corrected chi connectivity index (χ3v) is 5.40. The fourth-order valence-electron chi connectivity index (χ4n) is 2.51. The summed E-state index contributed by atoms with van der Waals surface area (Å²) in [5.41, 5.74) is -0.763. The maximum Gasteiger partial charge on any atom is 0.416 e. The molecule has 0 saturated carbocycles. The van der Waals surface area contributed by atoms with Crippen molar-refractivity contribution in [2.45, 2.75) is 44.5 Å². The summed E-state index contributed by atoms with van der Waals surface area (Å²) < 4.78 is 110. The molecule has 0 saturated heterocycles. The van der Waals surface area contributed by atoms with Gasteiger partial charge >= 0.3 is 18.5 Å². The number of alkyl halides is 9. The van der Waals surface area contributed by atoms with Crippen LogP contribution in [-0.2, 0) is 28.9 Å². The number of nitrogens with one attached hydrogen (secondary N) is 2. The van der Waals surface area contributed by atoms with Gasteiger partial charge in [-0.05, 0) is 35.4 Å². The van der Waals surface area contributed by atoms with Crippen molar-refractivity contribution in [1.29, 1.82) is 0 Å². The van der Waals surface area contributed by atoms with E-state index in [0.717, 1.165) is 16.6 Å². The Morgan fingerprint density at radius 3 is 1.51 bits per heavy atom. The lowest BCUT2D eigenvalue weighted by molar-refractivity contribution is -0.155. The van der Waals surface area contributed by atoms with Gasteiger partial charge in [-0.25, -0.2) is 0 Å². The minimum absolute atomic E-state index is 0.0268. The Bertz CT molecular complexity index is 1090. The SMILES string of the molecule is O=C(CC(F)(F)F)NCc1ccc(Br)cc1C(F)(F)F.O=C(CC(F)(F)F)NCc1ccc(Br)cc1Cl. The first-order valence-electron chi connectivity index (χ1n) is 9.73. The van der Waals surface area contributed by atoms with E-state index in [2.05, 4.69) is 37.2 Å². The molecule has 0 unspecified atom stereocenters. The minimum Gasteiger partial charge on any atom is -0.352 e. The van der Waals surface area contributed by atoms with Gasteiger partial charge in [0.25, 0.3) is 0 Å². The van der Waals surface area contributed by atoms with Gasteiger partial charge in [-0.15, -0.1) is 0 Å². The molecule has 2 aromatic carbocycles. The van der Waals surface area contributed by atoms with Crippen molar-refractivity contribution >= 4 is 55.3 Å². The molecule has 2 amide bonds. The number of benzene rings is 2. The number of carbonyl (C=O) groups is 2. The molecular weight excluding hydrogens is 678 g/mol. The summed E-state index contributed by atoms with van der Waals surface area (Å²) in [4.78, 5) is 21.9. The van der Waals surface area contributed by atoms with Gasteiger partial charge in [0.05, 0.1) is 5.56 Å². The van der Waals surface area contributed by atoms with Crippen LogP contribution < -0.4 is 10.6 Å². The molecule has 0 bridgehead atoms. The van der Waals surface area contributed by atoms with Gasteiger partial charge < -0.3 is 10.6 Å². The molecule has 0 aliphatic heterocycles. The second kappa shape index (κ2) is 13.7. The lowest BCUT2D eigenvalue weighted by Crippen LogP contribution is -2.29. The Labute approximate surface area is 226 Å². The highest BCUT2D eigenvalue weighted by Gasteiger charge is 2.34. The third kappa shape index (κ3) is 13.9. The maximum atomic E-state index is 12.7.